The molecule has 0 fully saturated rings. The first-order valence-corrected chi connectivity index (χ1v) is 7.69. The van der Waals surface area contributed by atoms with Crippen molar-refractivity contribution >= 4 is 34.4 Å². The van der Waals surface area contributed by atoms with Gasteiger partial charge in [-0.15, -0.1) is 0 Å². The minimum Gasteiger partial charge on any atom is -0.488 e. The van der Waals surface area contributed by atoms with Crippen molar-refractivity contribution in [3.63, 3.8) is 0 Å². The number of hydrogen-bond donors (Lipinski definition) is 1. The molecule has 118 valence electrons. The SMILES string of the molecule is COC(=O)c1sc(NC(=O)C2=Cc3ccccc3OC2)nc1C. The van der Waals surface area contributed by atoms with E-state index < -0.39 is 5.97 Å². The standard InChI is InChI=1S/C16H14N2O4S/c1-9-13(15(20)21-2)23-16(17-9)18-14(19)11-7-10-5-3-4-6-12(10)22-8-11/h3-7H,8H2,1-2H3,(H,17,18,19). The molecule has 0 spiro atoms. The van der Waals surface area contributed by atoms with E-state index in [1.807, 2.05) is 24.3 Å². The zero-order chi connectivity index (χ0) is 16.4. The van der Waals surface area contributed by atoms with Crippen LogP contribution in [0.2, 0.25) is 0 Å². The maximum atomic E-state index is 12.3. The second-order valence-corrected chi connectivity index (χ2v) is 5.87. The van der Waals surface area contributed by atoms with Crippen molar-refractivity contribution in [2.24, 2.45) is 0 Å². The number of anilines is 1. The second-order valence-electron chi connectivity index (χ2n) is 4.88. The molecule has 7 heteroatoms. The molecule has 3 rings (SSSR count). The lowest BCUT2D eigenvalue weighted by molar-refractivity contribution is -0.113. The molecule has 0 saturated heterocycles. The first kappa shape index (κ1) is 15.2. The van der Waals surface area contributed by atoms with Gasteiger partial charge < -0.3 is 9.47 Å². The van der Waals surface area contributed by atoms with Crippen LogP contribution < -0.4 is 10.1 Å². The van der Waals surface area contributed by atoms with E-state index in [4.69, 9.17) is 4.74 Å². The van der Waals surface area contributed by atoms with Crippen LogP contribution in [0.1, 0.15) is 20.9 Å². The molecule has 0 unspecified atom stereocenters. The predicted octanol–water partition coefficient (Wildman–Crippen LogP) is 2.65. The molecule has 1 aliphatic rings. The molecule has 23 heavy (non-hydrogen) atoms. The van der Waals surface area contributed by atoms with Gasteiger partial charge in [0.05, 0.1) is 18.4 Å². The Balaban J connectivity index is 1.78. The van der Waals surface area contributed by atoms with Gasteiger partial charge in [-0.2, -0.15) is 0 Å². The normalized spacial score (nSPS) is 12.7. The summed E-state index contributed by atoms with van der Waals surface area (Å²) in [5.74, 6) is -0.0126. The summed E-state index contributed by atoms with van der Waals surface area (Å²) in [6.07, 6.45) is 1.79. The zero-order valence-electron chi connectivity index (χ0n) is 12.6. The fourth-order valence-corrected chi connectivity index (χ4v) is 3.04. The molecule has 1 aliphatic heterocycles. The summed E-state index contributed by atoms with van der Waals surface area (Å²) in [4.78, 5) is 28.5. The largest absolute Gasteiger partial charge is 0.488 e. The lowest BCUT2D eigenvalue weighted by Gasteiger charge is -2.16. The van der Waals surface area contributed by atoms with Crippen molar-refractivity contribution in [1.82, 2.24) is 4.98 Å². The van der Waals surface area contributed by atoms with Crippen molar-refractivity contribution in [3.8, 4) is 5.75 Å². The van der Waals surface area contributed by atoms with E-state index in [1.54, 1.807) is 13.0 Å². The maximum absolute atomic E-state index is 12.3. The number of nitrogens with zero attached hydrogens (tertiary/aromatic N) is 1. The number of fused-ring (bicyclic) bond motifs is 1. The first-order valence-electron chi connectivity index (χ1n) is 6.88. The quantitative estimate of drug-likeness (QED) is 0.876. The molecule has 2 aromatic rings. The smallest absolute Gasteiger partial charge is 0.350 e. The molecular weight excluding hydrogens is 316 g/mol. The number of benzene rings is 1. The summed E-state index contributed by atoms with van der Waals surface area (Å²) in [7, 11) is 1.31. The van der Waals surface area contributed by atoms with E-state index in [0.29, 0.717) is 21.3 Å². The highest BCUT2D eigenvalue weighted by Crippen LogP contribution is 2.27. The maximum Gasteiger partial charge on any atom is 0.350 e. The van der Waals surface area contributed by atoms with Crippen molar-refractivity contribution < 1.29 is 19.1 Å². The summed E-state index contributed by atoms with van der Waals surface area (Å²) in [6.45, 7) is 1.88. The monoisotopic (exact) mass is 330 g/mol. The predicted molar refractivity (Wildman–Crippen MR) is 86.7 cm³/mol. The Hall–Kier alpha value is -2.67. The summed E-state index contributed by atoms with van der Waals surface area (Å²) in [6, 6.07) is 7.49. The van der Waals surface area contributed by atoms with E-state index in [-0.39, 0.29) is 12.5 Å². The van der Waals surface area contributed by atoms with Crippen LogP contribution in [0, 0.1) is 6.92 Å². The zero-order valence-corrected chi connectivity index (χ0v) is 13.4. The lowest BCUT2D eigenvalue weighted by Crippen LogP contribution is -2.21. The summed E-state index contributed by atoms with van der Waals surface area (Å²) < 4.78 is 10.2. The van der Waals surface area contributed by atoms with E-state index in [9.17, 15) is 9.59 Å². The highest BCUT2D eigenvalue weighted by molar-refractivity contribution is 7.17. The van der Waals surface area contributed by atoms with Gasteiger partial charge in [0.25, 0.3) is 5.91 Å². The van der Waals surface area contributed by atoms with Crippen LogP contribution >= 0.6 is 11.3 Å². The van der Waals surface area contributed by atoms with E-state index in [2.05, 4.69) is 15.0 Å². The number of hydrogen-bond acceptors (Lipinski definition) is 6. The highest BCUT2D eigenvalue weighted by Gasteiger charge is 2.20. The Labute approximate surface area is 136 Å². The molecule has 1 aromatic heterocycles. The van der Waals surface area contributed by atoms with E-state index in [1.165, 1.54) is 7.11 Å². The number of methoxy groups -OCH3 is 1. The van der Waals surface area contributed by atoms with Gasteiger partial charge in [0.2, 0.25) is 0 Å². The summed E-state index contributed by atoms with van der Waals surface area (Å²) in [5.41, 5.74) is 1.88. The Kier molecular flexibility index (Phi) is 4.12. The third-order valence-corrected chi connectivity index (χ3v) is 4.36. The molecule has 0 bridgehead atoms. The van der Waals surface area contributed by atoms with Crippen LogP contribution in [-0.4, -0.2) is 30.6 Å². The Morgan fingerprint density at radius 2 is 2.13 bits per heavy atom. The first-order chi connectivity index (χ1) is 11.1. The van der Waals surface area contributed by atoms with Crippen LogP contribution in [0.25, 0.3) is 6.08 Å². The molecule has 0 radical (unpaired) electrons. The lowest BCUT2D eigenvalue weighted by atomic mass is 10.1. The number of ether oxygens (including phenoxy) is 2. The van der Waals surface area contributed by atoms with Crippen molar-refractivity contribution in [1.29, 1.82) is 0 Å². The van der Waals surface area contributed by atoms with Crippen LogP contribution in [0.5, 0.6) is 5.75 Å². The van der Waals surface area contributed by atoms with Crippen molar-refractivity contribution in [2.45, 2.75) is 6.92 Å². The van der Waals surface area contributed by atoms with Gasteiger partial charge in [-0.05, 0) is 19.1 Å². The van der Waals surface area contributed by atoms with Gasteiger partial charge in [-0.3, -0.25) is 10.1 Å². The van der Waals surface area contributed by atoms with Gasteiger partial charge in [-0.1, -0.05) is 29.5 Å². The Bertz CT molecular complexity index is 810. The molecule has 2 heterocycles. The van der Waals surface area contributed by atoms with Gasteiger partial charge >= 0.3 is 5.97 Å². The van der Waals surface area contributed by atoms with Crippen molar-refractivity contribution in [2.75, 3.05) is 19.0 Å². The minimum atomic E-state index is -0.463. The molecule has 1 N–H and O–H groups in total. The number of carbonyl (C=O) groups excluding carboxylic acids is 2. The average molecular weight is 330 g/mol. The Morgan fingerprint density at radius 3 is 2.91 bits per heavy atom. The number of rotatable bonds is 3. The molecular formula is C16H14N2O4S. The third kappa shape index (κ3) is 3.09. The van der Waals surface area contributed by atoms with Gasteiger partial charge in [0.1, 0.15) is 17.2 Å². The molecule has 0 aliphatic carbocycles. The van der Waals surface area contributed by atoms with E-state index in [0.717, 1.165) is 22.6 Å². The number of esters is 1. The van der Waals surface area contributed by atoms with Gasteiger partial charge in [0.15, 0.2) is 5.13 Å². The number of para-hydroxylation sites is 1. The third-order valence-electron chi connectivity index (χ3n) is 3.31. The summed E-state index contributed by atoms with van der Waals surface area (Å²) >= 11 is 1.08. The molecule has 0 saturated carbocycles. The minimum absolute atomic E-state index is 0.192. The van der Waals surface area contributed by atoms with Crippen molar-refractivity contribution in [3.05, 3.63) is 46.0 Å². The van der Waals surface area contributed by atoms with Gasteiger partial charge in [0, 0.05) is 5.56 Å². The molecule has 6 nitrogen and oxygen atoms in total. The average Bonchev–Trinajstić information content (AvgIpc) is 2.94. The highest BCUT2D eigenvalue weighted by atomic mass is 32.1. The number of nitrogens with one attached hydrogen (secondary N) is 1. The summed E-state index contributed by atoms with van der Waals surface area (Å²) in [5, 5.41) is 3.05. The fourth-order valence-electron chi connectivity index (χ4n) is 2.16. The topological polar surface area (TPSA) is 77.5 Å². The van der Waals surface area contributed by atoms with Gasteiger partial charge in [-0.25, -0.2) is 9.78 Å². The van der Waals surface area contributed by atoms with E-state index >= 15 is 0 Å². The van der Waals surface area contributed by atoms with Crippen LogP contribution in [0.4, 0.5) is 5.13 Å². The number of thiazole rings is 1. The molecule has 0 atom stereocenters. The number of carbonyl (C=O) groups is 2. The van der Waals surface area contributed by atoms with Crippen LogP contribution in [-0.2, 0) is 9.53 Å². The number of amides is 1. The van der Waals surface area contributed by atoms with Crippen LogP contribution in [0.15, 0.2) is 29.8 Å². The molecule has 1 amide bonds. The fraction of sp³-hybridized carbons (Fsp3) is 0.188. The number of aryl methyl sites for hydroxylation is 1. The Morgan fingerprint density at radius 1 is 1.35 bits per heavy atom. The second kappa shape index (κ2) is 6.21. The number of aromatic nitrogens is 1. The van der Waals surface area contributed by atoms with Crippen LogP contribution in [0.3, 0.4) is 0 Å². The molecule has 1 aromatic carbocycles.